The molecule has 4 aliphatic heterocycles. The molecule has 0 saturated carbocycles. The summed E-state index contributed by atoms with van der Waals surface area (Å²) in [7, 11) is 1.34. The summed E-state index contributed by atoms with van der Waals surface area (Å²) < 4.78 is 4.57. The first kappa shape index (κ1) is 19.1. The Hall–Kier alpha value is -1.91. The lowest BCUT2D eigenvalue weighted by Gasteiger charge is -2.45. The molecule has 0 unspecified atom stereocenters. The highest BCUT2D eigenvalue weighted by molar-refractivity contribution is 8.19. The van der Waals surface area contributed by atoms with Gasteiger partial charge in [0.15, 0.2) is 11.7 Å². The summed E-state index contributed by atoms with van der Waals surface area (Å²) >= 11 is 3.44. The van der Waals surface area contributed by atoms with Crippen LogP contribution in [0.5, 0.6) is 0 Å². The maximum absolute atomic E-state index is 13.4. The largest absolute Gasteiger partial charge is 0.468 e. The van der Waals surface area contributed by atoms with Crippen LogP contribution in [0.25, 0.3) is 0 Å². The number of thioether (sulfide) groups is 2. The van der Waals surface area contributed by atoms with Crippen molar-refractivity contribution in [2.24, 2.45) is 0 Å². The molecule has 154 valence electrons. The van der Waals surface area contributed by atoms with Crippen molar-refractivity contribution in [2.45, 2.75) is 41.2 Å². The third-order valence-electron chi connectivity index (χ3n) is 6.06. The van der Waals surface area contributed by atoms with Crippen LogP contribution in [0, 0.1) is 0 Å². The van der Waals surface area contributed by atoms with Gasteiger partial charge < -0.3 is 15.4 Å². The van der Waals surface area contributed by atoms with Crippen LogP contribution in [-0.4, -0.2) is 68.4 Å². The molecule has 4 fully saturated rings. The smallest absolute Gasteiger partial charge is 0.327 e. The number of nitrogens with zero attached hydrogens (tertiary/aromatic N) is 2. The molecular formula is C19H22N4O4S2. The number of carbonyl (C=O) groups is 3. The van der Waals surface area contributed by atoms with Crippen molar-refractivity contribution < 1.29 is 19.1 Å². The second-order valence-corrected chi connectivity index (χ2v) is 10.6. The van der Waals surface area contributed by atoms with Crippen molar-refractivity contribution in [3.63, 3.8) is 0 Å². The predicted octanol–water partition coefficient (Wildman–Crippen LogP) is 1.14. The summed E-state index contributed by atoms with van der Waals surface area (Å²) in [5.41, 5.74) is -0.0227. The SMILES string of the molecule is COC(=O)[C@H]1[C@@H]2NC(=O)N[C@]23N(C(=O)CC32SCCCS2)N1Cc1ccccc1. The predicted molar refractivity (Wildman–Crippen MR) is 110 cm³/mol. The molecule has 8 nitrogen and oxygen atoms in total. The Labute approximate surface area is 177 Å². The Kier molecular flexibility index (Phi) is 4.48. The number of benzene rings is 1. The zero-order valence-corrected chi connectivity index (χ0v) is 17.6. The van der Waals surface area contributed by atoms with Crippen LogP contribution in [0.3, 0.4) is 0 Å². The summed E-state index contributed by atoms with van der Waals surface area (Å²) in [6.45, 7) is 0.369. The molecule has 0 aromatic heterocycles. The van der Waals surface area contributed by atoms with Crippen molar-refractivity contribution in [1.82, 2.24) is 20.7 Å². The first-order chi connectivity index (χ1) is 14.0. The van der Waals surface area contributed by atoms with Crippen LogP contribution in [0.4, 0.5) is 4.79 Å². The van der Waals surface area contributed by atoms with E-state index in [0.29, 0.717) is 13.0 Å². The second kappa shape index (κ2) is 6.82. The summed E-state index contributed by atoms with van der Waals surface area (Å²) in [5, 5.41) is 9.44. The Bertz CT molecular complexity index is 863. The number of rotatable bonds is 3. The summed E-state index contributed by atoms with van der Waals surface area (Å²) in [5.74, 6) is 1.29. The van der Waals surface area contributed by atoms with Gasteiger partial charge in [-0.25, -0.2) is 9.80 Å². The Morgan fingerprint density at radius 1 is 1.24 bits per heavy atom. The average molecular weight is 435 g/mol. The number of hydrazine groups is 1. The van der Waals surface area contributed by atoms with Crippen LogP contribution >= 0.6 is 23.5 Å². The molecular weight excluding hydrogens is 412 g/mol. The number of ether oxygens (including phenoxy) is 1. The summed E-state index contributed by atoms with van der Waals surface area (Å²) in [4.78, 5) is 38.7. The molecule has 4 aliphatic rings. The number of hydrogen-bond donors (Lipinski definition) is 2. The van der Waals surface area contributed by atoms with Crippen LogP contribution in [0.1, 0.15) is 18.4 Å². The molecule has 10 heteroatoms. The number of nitrogens with one attached hydrogen (secondary N) is 2. The minimum absolute atomic E-state index is 0.0803. The van der Waals surface area contributed by atoms with Gasteiger partial charge in [0.05, 0.1) is 13.5 Å². The Morgan fingerprint density at radius 2 is 1.97 bits per heavy atom. The molecule has 3 amide bonds. The Balaban J connectivity index is 1.64. The normalized spacial score (nSPS) is 32.7. The number of methoxy groups -OCH3 is 1. The highest BCUT2D eigenvalue weighted by Crippen LogP contribution is 2.62. The van der Waals surface area contributed by atoms with Gasteiger partial charge in [0, 0.05) is 6.54 Å². The van der Waals surface area contributed by atoms with Crippen LogP contribution in [-0.2, 0) is 20.9 Å². The number of esters is 1. The van der Waals surface area contributed by atoms with E-state index < -0.39 is 27.8 Å². The third-order valence-corrected chi connectivity index (χ3v) is 9.60. The van der Waals surface area contributed by atoms with Gasteiger partial charge in [-0.05, 0) is 23.5 Å². The first-order valence-electron chi connectivity index (χ1n) is 9.60. The van der Waals surface area contributed by atoms with E-state index in [1.165, 1.54) is 7.11 Å². The molecule has 0 radical (unpaired) electrons. The molecule has 0 bridgehead atoms. The monoisotopic (exact) mass is 434 g/mol. The molecule has 0 aliphatic carbocycles. The van der Waals surface area contributed by atoms with E-state index in [2.05, 4.69) is 10.6 Å². The fourth-order valence-corrected chi connectivity index (χ4v) is 8.65. The molecule has 4 heterocycles. The number of urea groups is 1. The summed E-state index contributed by atoms with van der Waals surface area (Å²) in [6.07, 6.45) is 1.38. The lowest BCUT2D eigenvalue weighted by molar-refractivity contribution is -0.160. The fraction of sp³-hybridized carbons (Fsp3) is 0.526. The van der Waals surface area contributed by atoms with E-state index >= 15 is 0 Å². The van der Waals surface area contributed by atoms with E-state index in [1.54, 1.807) is 33.5 Å². The van der Waals surface area contributed by atoms with Gasteiger partial charge in [-0.15, -0.1) is 23.5 Å². The minimum Gasteiger partial charge on any atom is -0.468 e. The van der Waals surface area contributed by atoms with Gasteiger partial charge in [0.2, 0.25) is 5.91 Å². The van der Waals surface area contributed by atoms with E-state index in [1.807, 2.05) is 30.3 Å². The van der Waals surface area contributed by atoms with Crippen molar-refractivity contribution in [1.29, 1.82) is 0 Å². The van der Waals surface area contributed by atoms with Crippen LogP contribution in [0.2, 0.25) is 0 Å². The molecule has 3 atom stereocenters. The van der Waals surface area contributed by atoms with Crippen molar-refractivity contribution in [3.8, 4) is 0 Å². The second-order valence-electron chi connectivity index (χ2n) is 7.58. The van der Waals surface area contributed by atoms with Crippen LogP contribution in [0.15, 0.2) is 30.3 Å². The van der Waals surface area contributed by atoms with E-state index in [4.69, 9.17) is 4.74 Å². The number of hydrogen-bond acceptors (Lipinski definition) is 7. The number of amides is 3. The maximum atomic E-state index is 13.4. The molecule has 5 rings (SSSR count). The molecule has 2 N–H and O–H groups in total. The Morgan fingerprint density at radius 3 is 2.66 bits per heavy atom. The molecule has 1 aromatic carbocycles. The number of carbonyl (C=O) groups excluding carboxylic acids is 3. The minimum atomic E-state index is -0.995. The van der Waals surface area contributed by atoms with Gasteiger partial charge in [0.25, 0.3) is 0 Å². The maximum Gasteiger partial charge on any atom is 0.327 e. The molecule has 2 spiro atoms. The third kappa shape index (κ3) is 2.55. The molecule has 4 saturated heterocycles. The topological polar surface area (TPSA) is 91.0 Å². The summed E-state index contributed by atoms with van der Waals surface area (Å²) in [6, 6.07) is 7.97. The fourth-order valence-electron chi connectivity index (χ4n) is 4.98. The zero-order valence-electron chi connectivity index (χ0n) is 15.9. The average Bonchev–Trinajstić information content (AvgIpc) is 3.27. The first-order valence-corrected chi connectivity index (χ1v) is 11.6. The quantitative estimate of drug-likeness (QED) is 0.690. The van der Waals surface area contributed by atoms with Gasteiger partial charge in [-0.1, -0.05) is 30.3 Å². The van der Waals surface area contributed by atoms with Crippen molar-refractivity contribution >= 4 is 41.4 Å². The van der Waals surface area contributed by atoms with Gasteiger partial charge in [-0.3, -0.25) is 9.59 Å². The van der Waals surface area contributed by atoms with Crippen LogP contribution < -0.4 is 10.6 Å². The standard InChI is InChI=1S/C19H22N4O4S2/c1-27-16(25)14-15-19(21-17(26)20-15)18(28-8-5-9-29-18)10-13(24)23(19)22(14)11-12-6-3-2-4-7-12/h2-4,6-7,14-15H,5,8-11H2,1H3,(H2,20,21,26)/t14-,15+,19+/m1/s1. The lowest BCUT2D eigenvalue weighted by atomic mass is 9.94. The highest BCUT2D eigenvalue weighted by atomic mass is 32.2. The molecule has 29 heavy (non-hydrogen) atoms. The highest BCUT2D eigenvalue weighted by Gasteiger charge is 2.79. The lowest BCUT2D eigenvalue weighted by Crippen LogP contribution is -2.66. The van der Waals surface area contributed by atoms with E-state index in [0.717, 1.165) is 23.5 Å². The van der Waals surface area contributed by atoms with Crippen molar-refractivity contribution in [2.75, 3.05) is 18.6 Å². The zero-order chi connectivity index (χ0) is 20.2. The van der Waals surface area contributed by atoms with Crippen molar-refractivity contribution in [3.05, 3.63) is 35.9 Å². The van der Waals surface area contributed by atoms with E-state index in [-0.39, 0.29) is 11.9 Å². The molecule has 1 aromatic rings. The van der Waals surface area contributed by atoms with E-state index in [9.17, 15) is 14.4 Å². The van der Waals surface area contributed by atoms with Gasteiger partial charge in [-0.2, -0.15) is 5.01 Å². The van der Waals surface area contributed by atoms with Gasteiger partial charge in [0.1, 0.15) is 10.1 Å². The van der Waals surface area contributed by atoms with Gasteiger partial charge >= 0.3 is 12.0 Å².